The molecule has 7 heavy (non-hydrogen) atoms. The molecule has 0 aliphatic heterocycles. The smallest absolute Gasteiger partial charge is 0.237 e. The van der Waals surface area contributed by atoms with Crippen molar-refractivity contribution in [3.8, 4) is 0 Å². The second-order valence-electron chi connectivity index (χ2n) is 0.701. The van der Waals surface area contributed by atoms with Crippen LogP contribution in [-0.4, -0.2) is 0 Å². The molecular weight excluding hydrogens is 115 g/mol. The Morgan fingerprint density at radius 1 is 1.71 bits per heavy atom. The van der Waals surface area contributed by atoms with E-state index in [1.165, 1.54) is 0 Å². The topological polar surface area (TPSA) is 18.5 Å². The first-order chi connectivity index (χ1) is 3.27. The van der Waals surface area contributed by atoms with Crippen LogP contribution in [0.3, 0.4) is 0 Å². The van der Waals surface area contributed by atoms with Crippen molar-refractivity contribution in [2.45, 2.75) is 0 Å². The molecule has 0 saturated heterocycles. The zero-order chi connectivity index (χ0) is 5.70. The third-order valence-electron chi connectivity index (χ3n) is 0.207. The minimum Gasteiger partial charge on any atom is -0.298 e. The zero-order valence-corrected chi connectivity index (χ0v) is 4.44. The number of rotatable bonds is 3. The minimum atomic E-state index is -0.0140. The molecule has 0 aliphatic carbocycles. The van der Waals surface area contributed by atoms with Crippen molar-refractivity contribution in [3.05, 3.63) is 24.6 Å². The molecule has 0 spiro atoms. The first kappa shape index (κ1) is 6.37. The first-order valence-electron chi connectivity index (χ1n) is 1.56. The van der Waals surface area contributed by atoms with Crippen molar-refractivity contribution in [3.63, 3.8) is 0 Å². The lowest BCUT2D eigenvalue weighted by molar-refractivity contribution is -0.201. The van der Waals surface area contributed by atoms with Crippen molar-refractivity contribution in [1.29, 1.82) is 0 Å². The molecule has 0 atom stereocenters. The molecule has 0 aromatic rings. The summed E-state index contributed by atoms with van der Waals surface area (Å²) in [5.41, 5.74) is 0. The molecule has 0 aromatic carbocycles. The summed E-state index contributed by atoms with van der Waals surface area (Å²) < 4.78 is 0. The highest BCUT2D eigenvalue weighted by molar-refractivity contribution is 6.27. The van der Waals surface area contributed by atoms with Crippen LogP contribution in [0.15, 0.2) is 24.6 Å². The Morgan fingerprint density at radius 3 is 2.43 bits per heavy atom. The van der Waals surface area contributed by atoms with Crippen molar-refractivity contribution in [1.82, 2.24) is 0 Å². The highest BCUT2D eigenvalue weighted by Crippen LogP contribution is 1.97. The third kappa shape index (κ3) is 5.37. The number of halogens is 1. The molecular formula is C4H5ClO2. The van der Waals surface area contributed by atoms with Gasteiger partial charge in [0.2, 0.25) is 5.22 Å². The van der Waals surface area contributed by atoms with Crippen LogP contribution in [0.5, 0.6) is 0 Å². The van der Waals surface area contributed by atoms with Crippen molar-refractivity contribution < 1.29 is 9.78 Å². The van der Waals surface area contributed by atoms with Crippen LogP contribution in [0.1, 0.15) is 0 Å². The first-order valence-corrected chi connectivity index (χ1v) is 1.94. The summed E-state index contributed by atoms with van der Waals surface area (Å²) in [5, 5.41) is -0.0140. The molecule has 0 bridgehead atoms. The predicted octanol–water partition coefficient (Wildman–Crippen LogP) is 1.79. The fourth-order valence-electron chi connectivity index (χ4n) is 0.0862. The van der Waals surface area contributed by atoms with Crippen LogP contribution >= 0.6 is 11.6 Å². The van der Waals surface area contributed by atoms with Gasteiger partial charge in [0.25, 0.3) is 0 Å². The molecule has 2 nitrogen and oxygen atoms in total. The SMILES string of the molecule is C=COOC(=C)Cl. The largest absolute Gasteiger partial charge is 0.298 e. The fraction of sp³-hybridized carbons (Fsp3) is 0. The monoisotopic (exact) mass is 120 g/mol. The van der Waals surface area contributed by atoms with Crippen LogP contribution in [0.25, 0.3) is 0 Å². The Labute approximate surface area is 46.9 Å². The third-order valence-corrected chi connectivity index (χ3v) is 0.270. The number of hydrogen-bond donors (Lipinski definition) is 0. The lowest BCUT2D eigenvalue weighted by atomic mass is 11.1. The summed E-state index contributed by atoms with van der Waals surface area (Å²) in [6.45, 7) is 6.35. The molecule has 0 amide bonds. The maximum atomic E-state index is 5.07. The Balaban J connectivity index is 2.97. The molecule has 0 N–H and O–H groups in total. The second kappa shape index (κ2) is 3.56. The van der Waals surface area contributed by atoms with Crippen LogP contribution in [0, 0.1) is 0 Å². The standard InChI is InChI=1S/C4H5ClO2/c1-3-6-7-4(2)5/h3H,1-2H2. The van der Waals surface area contributed by atoms with Gasteiger partial charge >= 0.3 is 0 Å². The summed E-state index contributed by atoms with van der Waals surface area (Å²) >= 11 is 5.07. The molecule has 0 unspecified atom stereocenters. The molecule has 40 valence electrons. The number of hydrogen-bond acceptors (Lipinski definition) is 2. The fourth-order valence-corrected chi connectivity index (χ4v) is 0.123. The summed E-state index contributed by atoms with van der Waals surface area (Å²) in [7, 11) is 0. The molecule has 0 radical (unpaired) electrons. The Hall–Kier alpha value is -0.630. The van der Waals surface area contributed by atoms with E-state index in [4.69, 9.17) is 11.6 Å². The van der Waals surface area contributed by atoms with Gasteiger partial charge in [0, 0.05) is 0 Å². The van der Waals surface area contributed by atoms with E-state index in [1.54, 1.807) is 0 Å². The van der Waals surface area contributed by atoms with Crippen LogP contribution < -0.4 is 0 Å². The van der Waals surface area contributed by atoms with Crippen molar-refractivity contribution in [2.24, 2.45) is 0 Å². The van der Waals surface area contributed by atoms with E-state index in [9.17, 15) is 0 Å². The molecule has 0 fully saturated rings. The van der Waals surface area contributed by atoms with Gasteiger partial charge < -0.3 is 0 Å². The Morgan fingerprint density at radius 2 is 2.29 bits per heavy atom. The van der Waals surface area contributed by atoms with Gasteiger partial charge in [-0.3, -0.25) is 9.78 Å². The highest BCUT2D eigenvalue weighted by atomic mass is 35.5. The highest BCUT2D eigenvalue weighted by Gasteiger charge is 1.80. The summed E-state index contributed by atoms with van der Waals surface area (Å²) in [6, 6.07) is 0. The van der Waals surface area contributed by atoms with Gasteiger partial charge in [-0.05, 0) is 18.2 Å². The van der Waals surface area contributed by atoms with E-state index in [-0.39, 0.29) is 5.22 Å². The molecule has 0 heterocycles. The normalized spacial score (nSPS) is 7.00. The van der Waals surface area contributed by atoms with Crippen molar-refractivity contribution >= 4 is 11.6 Å². The summed E-state index contributed by atoms with van der Waals surface area (Å²) in [6.07, 6.45) is 1.10. The van der Waals surface area contributed by atoms with Crippen LogP contribution in [0.4, 0.5) is 0 Å². The minimum absolute atomic E-state index is 0.0140. The van der Waals surface area contributed by atoms with Gasteiger partial charge in [0.1, 0.15) is 6.26 Å². The maximum Gasteiger partial charge on any atom is 0.237 e. The maximum absolute atomic E-state index is 5.07. The Kier molecular flexibility index (Phi) is 3.24. The predicted molar refractivity (Wildman–Crippen MR) is 27.4 cm³/mol. The lowest BCUT2D eigenvalue weighted by Crippen LogP contribution is -1.77. The van der Waals surface area contributed by atoms with E-state index in [0.717, 1.165) is 6.26 Å². The summed E-state index contributed by atoms with van der Waals surface area (Å²) in [5.74, 6) is 0. The van der Waals surface area contributed by atoms with Gasteiger partial charge in [0.05, 0.1) is 0 Å². The van der Waals surface area contributed by atoms with Gasteiger partial charge in [-0.1, -0.05) is 6.58 Å². The van der Waals surface area contributed by atoms with Crippen LogP contribution in [-0.2, 0) is 9.78 Å². The van der Waals surface area contributed by atoms with E-state index in [0.29, 0.717) is 0 Å². The second-order valence-corrected chi connectivity index (χ2v) is 1.12. The molecule has 3 heteroatoms. The quantitative estimate of drug-likeness (QED) is 0.321. The van der Waals surface area contributed by atoms with Gasteiger partial charge in [0.15, 0.2) is 0 Å². The van der Waals surface area contributed by atoms with E-state index in [2.05, 4.69) is 22.9 Å². The van der Waals surface area contributed by atoms with Crippen molar-refractivity contribution in [2.75, 3.05) is 0 Å². The summed E-state index contributed by atoms with van der Waals surface area (Å²) in [4.78, 5) is 8.27. The zero-order valence-electron chi connectivity index (χ0n) is 3.69. The molecule has 0 rings (SSSR count). The lowest BCUT2D eigenvalue weighted by Gasteiger charge is -1.93. The van der Waals surface area contributed by atoms with E-state index in [1.807, 2.05) is 0 Å². The molecule has 0 aromatic heterocycles. The molecule has 0 aliphatic rings. The van der Waals surface area contributed by atoms with Gasteiger partial charge in [-0.2, -0.15) is 0 Å². The average molecular weight is 121 g/mol. The molecule has 0 saturated carbocycles. The van der Waals surface area contributed by atoms with Crippen LogP contribution in [0.2, 0.25) is 0 Å². The Bertz CT molecular complexity index is 79.8. The van der Waals surface area contributed by atoms with E-state index >= 15 is 0 Å². The van der Waals surface area contributed by atoms with Gasteiger partial charge in [-0.25, -0.2) is 0 Å². The van der Waals surface area contributed by atoms with E-state index < -0.39 is 0 Å². The average Bonchev–Trinajstić information content (AvgIpc) is 1.61. The van der Waals surface area contributed by atoms with Gasteiger partial charge in [-0.15, -0.1) is 0 Å².